The molecule has 0 aliphatic carbocycles. The van der Waals surface area contributed by atoms with Gasteiger partial charge in [-0.15, -0.1) is 0 Å². The van der Waals surface area contributed by atoms with Crippen molar-refractivity contribution in [3.63, 3.8) is 0 Å². The molecule has 1 heterocycles. The highest BCUT2D eigenvalue weighted by Crippen LogP contribution is 2.41. The van der Waals surface area contributed by atoms with Crippen LogP contribution >= 0.6 is 0 Å². The first-order valence-corrected chi connectivity index (χ1v) is 19.1. The third-order valence-electron chi connectivity index (χ3n) is 10.9. The van der Waals surface area contributed by atoms with Crippen molar-refractivity contribution in [1.82, 2.24) is 4.57 Å². The van der Waals surface area contributed by atoms with E-state index >= 15 is 0 Å². The second-order valence-electron chi connectivity index (χ2n) is 14.3. The fourth-order valence-corrected chi connectivity index (χ4v) is 8.08. The van der Waals surface area contributed by atoms with Crippen LogP contribution in [0.1, 0.15) is 5.56 Å². The minimum atomic E-state index is 0.416. The minimum Gasteiger partial charge on any atom is -0.487 e. The topological polar surface area (TPSA) is 40.2 Å². The third-order valence-corrected chi connectivity index (χ3v) is 10.9. The number of fused-ring (bicyclic) bond motifs is 4. The highest BCUT2D eigenvalue weighted by atomic mass is 16.5. The molecule has 3 heteroatoms. The summed E-state index contributed by atoms with van der Waals surface area (Å²) in [4.78, 5) is 0. The van der Waals surface area contributed by atoms with Crippen LogP contribution in [0.25, 0.3) is 82.8 Å². The van der Waals surface area contributed by atoms with Crippen molar-refractivity contribution in [3.8, 4) is 55.9 Å². The van der Waals surface area contributed by atoms with E-state index in [0.717, 1.165) is 27.9 Å². The number of aromatic nitrogens is 1. The summed E-state index contributed by atoms with van der Waals surface area (Å²) in [5.41, 5.74) is 21.0. The highest BCUT2D eigenvalue weighted by Gasteiger charge is 2.16. The number of rotatable bonds is 8. The van der Waals surface area contributed by atoms with Gasteiger partial charge in [0.15, 0.2) is 0 Å². The lowest BCUT2D eigenvalue weighted by Crippen LogP contribution is -1.99. The van der Waals surface area contributed by atoms with Crippen LogP contribution in [0.5, 0.6) is 5.75 Å². The van der Waals surface area contributed by atoms with Crippen LogP contribution in [0.2, 0.25) is 0 Å². The Kier molecular flexibility index (Phi) is 8.38. The summed E-state index contributed by atoms with van der Waals surface area (Å²) >= 11 is 0. The summed E-state index contributed by atoms with van der Waals surface area (Å²) in [5.74, 6) is 0.685. The Morgan fingerprint density at radius 3 is 1.75 bits per heavy atom. The van der Waals surface area contributed by atoms with E-state index in [1.165, 1.54) is 60.4 Å². The number of hydrogen-bond donors (Lipinski definition) is 1. The fraction of sp³-hybridized carbons (Fsp3) is 0.0189. The molecule has 0 saturated carbocycles. The molecule has 10 aromatic rings. The van der Waals surface area contributed by atoms with Crippen molar-refractivity contribution >= 4 is 38.3 Å². The molecule has 0 aliphatic heterocycles. The number of nitrogens with zero attached hydrogens (tertiary/aromatic N) is 1. The first-order valence-electron chi connectivity index (χ1n) is 19.1. The third kappa shape index (κ3) is 6.06. The number of ether oxygens (including phenoxy) is 1. The minimum absolute atomic E-state index is 0.416. The van der Waals surface area contributed by atoms with Gasteiger partial charge in [0, 0.05) is 16.5 Å². The van der Waals surface area contributed by atoms with Gasteiger partial charge in [0.05, 0.1) is 16.7 Å². The molecule has 10 rings (SSSR count). The van der Waals surface area contributed by atoms with Crippen LogP contribution < -0.4 is 10.5 Å². The van der Waals surface area contributed by atoms with Gasteiger partial charge in [-0.05, 0) is 109 Å². The molecule has 0 spiro atoms. The Bertz CT molecular complexity index is 3030. The monoisotopic (exact) mass is 718 g/mol. The lowest BCUT2D eigenvalue weighted by Gasteiger charge is -2.16. The van der Waals surface area contributed by atoms with Gasteiger partial charge < -0.3 is 15.0 Å². The lowest BCUT2D eigenvalue weighted by molar-refractivity contribution is 0.308. The van der Waals surface area contributed by atoms with Crippen LogP contribution in [0.3, 0.4) is 0 Å². The number of anilines is 1. The molecule has 3 nitrogen and oxygen atoms in total. The quantitative estimate of drug-likeness (QED) is 0.159. The van der Waals surface area contributed by atoms with Crippen LogP contribution in [0.15, 0.2) is 206 Å². The van der Waals surface area contributed by atoms with Crippen LogP contribution in [0.4, 0.5) is 5.69 Å². The maximum atomic E-state index is 6.40. The summed E-state index contributed by atoms with van der Waals surface area (Å²) in [5, 5.41) is 4.92. The van der Waals surface area contributed by atoms with Gasteiger partial charge in [-0.2, -0.15) is 0 Å². The number of benzene rings is 9. The largest absolute Gasteiger partial charge is 0.487 e. The maximum absolute atomic E-state index is 6.40. The molecule has 266 valence electrons. The van der Waals surface area contributed by atoms with E-state index in [4.69, 9.17) is 10.5 Å². The van der Waals surface area contributed by atoms with E-state index in [0.29, 0.717) is 18.0 Å². The Hall–Kier alpha value is -7.36. The van der Waals surface area contributed by atoms with Gasteiger partial charge in [0.1, 0.15) is 12.4 Å². The second-order valence-corrected chi connectivity index (χ2v) is 14.3. The molecular weight excluding hydrogens is 681 g/mol. The van der Waals surface area contributed by atoms with Gasteiger partial charge in [-0.3, -0.25) is 0 Å². The lowest BCUT2D eigenvalue weighted by atomic mass is 9.89. The average molecular weight is 719 g/mol. The summed E-state index contributed by atoms with van der Waals surface area (Å²) < 4.78 is 8.70. The van der Waals surface area contributed by atoms with E-state index in [2.05, 4.69) is 199 Å². The van der Waals surface area contributed by atoms with E-state index in [-0.39, 0.29) is 0 Å². The van der Waals surface area contributed by atoms with Crippen molar-refractivity contribution in [2.75, 3.05) is 5.73 Å². The Morgan fingerprint density at radius 2 is 0.964 bits per heavy atom. The van der Waals surface area contributed by atoms with Crippen molar-refractivity contribution in [2.24, 2.45) is 0 Å². The maximum Gasteiger partial charge on any atom is 0.143 e. The van der Waals surface area contributed by atoms with Crippen LogP contribution in [-0.2, 0) is 6.61 Å². The molecule has 0 bridgehead atoms. The smallest absolute Gasteiger partial charge is 0.143 e. The van der Waals surface area contributed by atoms with E-state index in [1.54, 1.807) is 0 Å². The van der Waals surface area contributed by atoms with Crippen LogP contribution in [0, 0.1) is 0 Å². The number of hydrogen-bond acceptors (Lipinski definition) is 2. The summed E-state index contributed by atoms with van der Waals surface area (Å²) in [6.45, 7) is 0.416. The van der Waals surface area contributed by atoms with Crippen molar-refractivity contribution < 1.29 is 4.74 Å². The molecule has 0 atom stereocenters. The van der Waals surface area contributed by atoms with Crippen molar-refractivity contribution in [1.29, 1.82) is 0 Å². The zero-order valence-electron chi connectivity index (χ0n) is 30.8. The second kappa shape index (κ2) is 14.1. The highest BCUT2D eigenvalue weighted by molar-refractivity contribution is 6.11. The molecule has 9 aromatic carbocycles. The summed E-state index contributed by atoms with van der Waals surface area (Å²) in [7, 11) is 0. The predicted octanol–water partition coefficient (Wildman–Crippen LogP) is 13.8. The molecular formula is C53H38N2O. The molecule has 0 radical (unpaired) electrons. The fourth-order valence-electron chi connectivity index (χ4n) is 8.08. The Morgan fingerprint density at radius 1 is 0.393 bits per heavy atom. The number of para-hydroxylation sites is 2. The van der Waals surface area contributed by atoms with Crippen LogP contribution in [-0.4, -0.2) is 4.57 Å². The van der Waals surface area contributed by atoms with E-state index in [1.807, 2.05) is 12.1 Å². The van der Waals surface area contributed by atoms with E-state index in [9.17, 15) is 0 Å². The SMILES string of the molecule is Nc1ccc(-c2ccc3ccccc3c2)cc1OCc1ccc(-c2ccccc2-c2ccccc2-c2ccc3c(c2)c2ccccc2n3-c2ccccc2)cc1. The Balaban J connectivity index is 0.945. The molecule has 1 aromatic heterocycles. The molecule has 0 aliphatic rings. The van der Waals surface area contributed by atoms with Gasteiger partial charge in [-0.1, -0.05) is 158 Å². The first kappa shape index (κ1) is 33.2. The zero-order valence-corrected chi connectivity index (χ0v) is 30.8. The normalized spacial score (nSPS) is 11.4. The summed E-state index contributed by atoms with van der Waals surface area (Å²) in [6.07, 6.45) is 0. The van der Waals surface area contributed by atoms with Gasteiger partial charge in [0.25, 0.3) is 0 Å². The van der Waals surface area contributed by atoms with E-state index < -0.39 is 0 Å². The van der Waals surface area contributed by atoms with Gasteiger partial charge in [-0.25, -0.2) is 0 Å². The number of nitrogens with two attached hydrogens (primary N) is 1. The van der Waals surface area contributed by atoms with Gasteiger partial charge >= 0.3 is 0 Å². The molecule has 0 saturated heterocycles. The van der Waals surface area contributed by atoms with Crippen molar-refractivity contribution in [3.05, 3.63) is 212 Å². The molecule has 0 unspecified atom stereocenters. The molecule has 0 amide bonds. The standard InChI is InChI=1S/C53H38N2O/c54-50-30-28-41(40-27-26-37-12-4-5-13-39(37)32-40)34-53(50)56-35-36-22-24-38(25-23-36)44-16-6-8-18-46(44)47-19-9-7-17-45(47)42-29-31-52-49(33-42)48-20-10-11-21-51(48)55(52)43-14-2-1-3-15-43/h1-34H,35,54H2. The molecule has 56 heavy (non-hydrogen) atoms. The molecule has 0 fully saturated rings. The molecule has 2 N–H and O–H groups in total. The summed E-state index contributed by atoms with van der Waals surface area (Å²) in [6, 6.07) is 73.3. The average Bonchev–Trinajstić information content (AvgIpc) is 3.60. The first-order chi connectivity index (χ1) is 27.7. The zero-order chi connectivity index (χ0) is 37.4. The Labute approximate surface area is 326 Å². The van der Waals surface area contributed by atoms with Crippen molar-refractivity contribution in [2.45, 2.75) is 6.61 Å². The van der Waals surface area contributed by atoms with Gasteiger partial charge in [0.2, 0.25) is 0 Å². The number of nitrogen functional groups attached to an aromatic ring is 1. The predicted molar refractivity (Wildman–Crippen MR) is 235 cm³/mol.